The van der Waals surface area contributed by atoms with Gasteiger partial charge in [-0.1, -0.05) is 24.3 Å². The van der Waals surface area contributed by atoms with Crippen molar-refractivity contribution in [2.45, 2.75) is 38.1 Å². The van der Waals surface area contributed by atoms with Crippen molar-refractivity contribution in [2.24, 2.45) is 0 Å². The molecule has 9 heteroatoms. The maximum atomic E-state index is 13.4. The summed E-state index contributed by atoms with van der Waals surface area (Å²) in [4.78, 5) is 12.3. The maximum Gasteiger partial charge on any atom is 0.243 e. The van der Waals surface area contributed by atoms with Gasteiger partial charge in [-0.05, 0) is 54.7 Å². The number of hydrogen-bond donors (Lipinski definition) is 0. The summed E-state index contributed by atoms with van der Waals surface area (Å²) in [5.41, 5.74) is 3.19. The first-order chi connectivity index (χ1) is 13.6. The molecule has 29 heavy (non-hydrogen) atoms. The summed E-state index contributed by atoms with van der Waals surface area (Å²) in [5.74, 6) is -0.719. The minimum Gasteiger partial charge on any atom is -0.273 e. The maximum absolute atomic E-state index is 13.4. The Bertz CT molecular complexity index is 1200. The molecule has 1 amide bonds. The summed E-state index contributed by atoms with van der Waals surface area (Å²) >= 11 is 0. The van der Waals surface area contributed by atoms with E-state index in [-0.39, 0.29) is 22.8 Å². The van der Waals surface area contributed by atoms with E-state index in [1.165, 1.54) is 16.4 Å². The average molecular weight is 435 g/mol. The molecule has 0 radical (unpaired) electrons. The Hall–Kier alpha value is -2.23. The van der Waals surface area contributed by atoms with E-state index in [0.717, 1.165) is 15.4 Å². The second kappa shape index (κ2) is 6.93. The van der Waals surface area contributed by atoms with Crippen LogP contribution in [0.3, 0.4) is 0 Å². The highest BCUT2D eigenvalue weighted by Crippen LogP contribution is 2.34. The lowest BCUT2D eigenvalue weighted by Crippen LogP contribution is -2.36. The van der Waals surface area contributed by atoms with Gasteiger partial charge in [-0.15, -0.1) is 0 Å². The van der Waals surface area contributed by atoms with Crippen LogP contribution < -0.4 is 4.31 Å². The van der Waals surface area contributed by atoms with Gasteiger partial charge in [0.1, 0.15) is 0 Å². The number of fused-ring (bicyclic) bond motifs is 1. The minimum absolute atomic E-state index is 0.0618. The summed E-state index contributed by atoms with van der Waals surface area (Å²) in [7, 11) is -7.47. The number of nitrogens with zero attached hydrogens (tertiary/aromatic N) is 2. The van der Waals surface area contributed by atoms with E-state index in [9.17, 15) is 21.6 Å². The number of carbonyl (C=O) groups excluding carboxylic acids is 1. The minimum atomic E-state index is -3.77. The van der Waals surface area contributed by atoms with Gasteiger partial charge in [-0.3, -0.25) is 4.79 Å². The molecule has 2 aliphatic rings. The van der Waals surface area contributed by atoms with Crippen LogP contribution in [0.5, 0.6) is 0 Å². The number of benzene rings is 2. The number of amides is 1. The molecule has 2 heterocycles. The molecule has 0 atom stereocenters. The number of carbonyl (C=O) groups is 1. The van der Waals surface area contributed by atoms with Crippen LogP contribution in [0.2, 0.25) is 0 Å². The number of hydrogen-bond acceptors (Lipinski definition) is 5. The van der Waals surface area contributed by atoms with Gasteiger partial charge in [0.25, 0.3) is 0 Å². The van der Waals surface area contributed by atoms with E-state index in [2.05, 4.69) is 0 Å². The van der Waals surface area contributed by atoms with Crippen LogP contribution in [0.25, 0.3) is 0 Å². The second-order valence-corrected chi connectivity index (χ2v) is 11.3. The van der Waals surface area contributed by atoms with E-state index < -0.39 is 26.0 Å². The van der Waals surface area contributed by atoms with Gasteiger partial charge in [0, 0.05) is 19.5 Å². The van der Waals surface area contributed by atoms with E-state index >= 15 is 0 Å². The Kier molecular flexibility index (Phi) is 4.79. The van der Waals surface area contributed by atoms with Gasteiger partial charge < -0.3 is 0 Å². The smallest absolute Gasteiger partial charge is 0.243 e. The van der Waals surface area contributed by atoms with Crippen molar-refractivity contribution in [2.75, 3.05) is 16.6 Å². The number of rotatable bonds is 3. The first-order valence-corrected chi connectivity index (χ1v) is 12.4. The number of anilines is 1. The summed E-state index contributed by atoms with van der Waals surface area (Å²) in [6.45, 7) is 3.96. The third-order valence-corrected chi connectivity index (χ3v) is 9.29. The van der Waals surface area contributed by atoms with Crippen molar-refractivity contribution in [1.29, 1.82) is 0 Å². The molecule has 1 saturated heterocycles. The van der Waals surface area contributed by atoms with Crippen LogP contribution >= 0.6 is 0 Å². The summed E-state index contributed by atoms with van der Waals surface area (Å²) in [5, 5.41) is 0. The molecule has 154 valence electrons. The molecule has 0 unspecified atom stereocenters. The van der Waals surface area contributed by atoms with Crippen LogP contribution in [0.1, 0.15) is 28.7 Å². The molecular weight excluding hydrogens is 412 g/mol. The van der Waals surface area contributed by atoms with E-state index in [1.54, 1.807) is 13.8 Å². The quantitative estimate of drug-likeness (QED) is 0.738. The molecule has 4 rings (SSSR count). The SMILES string of the molecule is Cc1cc(N2C(=O)CCS2(=O)=O)cc(C)c1S(=O)(=O)N1CCc2ccccc2C1. The van der Waals surface area contributed by atoms with Gasteiger partial charge in [-0.2, -0.15) is 4.31 Å². The van der Waals surface area contributed by atoms with Crippen molar-refractivity contribution in [3.05, 3.63) is 58.7 Å². The first kappa shape index (κ1) is 20.1. The molecule has 0 aromatic heterocycles. The molecular formula is C20H22N2O5S2. The van der Waals surface area contributed by atoms with Crippen LogP contribution in [-0.2, 0) is 37.8 Å². The zero-order valence-electron chi connectivity index (χ0n) is 16.3. The molecule has 1 fully saturated rings. The van der Waals surface area contributed by atoms with E-state index in [0.29, 0.717) is 30.6 Å². The Balaban J connectivity index is 1.73. The van der Waals surface area contributed by atoms with Crippen molar-refractivity contribution >= 4 is 31.6 Å². The Morgan fingerprint density at radius 2 is 1.59 bits per heavy atom. The topological polar surface area (TPSA) is 91.8 Å². The van der Waals surface area contributed by atoms with Crippen molar-refractivity contribution in [3.8, 4) is 0 Å². The van der Waals surface area contributed by atoms with Crippen LogP contribution in [-0.4, -0.2) is 39.3 Å². The van der Waals surface area contributed by atoms with Gasteiger partial charge in [0.15, 0.2) is 0 Å². The van der Waals surface area contributed by atoms with Gasteiger partial charge in [-0.25, -0.2) is 21.1 Å². The van der Waals surface area contributed by atoms with Crippen molar-refractivity contribution < 1.29 is 21.6 Å². The van der Waals surface area contributed by atoms with Crippen molar-refractivity contribution in [1.82, 2.24) is 4.31 Å². The molecule has 0 bridgehead atoms. The highest BCUT2D eigenvalue weighted by Gasteiger charge is 2.38. The molecule has 2 aromatic rings. The highest BCUT2D eigenvalue weighted by molar-refractivity contribution is 7.94. The van der Waals surface area contributed by atoms with E-state index in [1.807, 2.05) is 24.3 Å². The van der Waals surface area contributed by atoms with Crippen molar-refractivity contribution in [3.63, 3.8) is 0 Å². The molecule has 0 spiro atoms. The normalized spacial score (nSPS) is 19.4. The molecule has 0 saturated carbocycles. The summed E-state index contributed by atoms with van der Waals surface area (Å²) in [6.07, 6.45) is 0.583. The Morgan fingerprint density at radius 1 is 0.966 bits per heavy atom. The third kappa shape index (κ3) is 3.37. The molecule has 2 aromatic carbocycles. The van der Waals surface area contributed by atoms with Crippen LogP contribution in [0.4, 0.5) is 5.69 Å². The van der Waals surface area contributed by atoms with E-state index in [4.69, 9.17) is 0 Å². The lowest BCUT2D eigenvalue weighted by atomic mass is 10.0. The fourth-order valence-electron chi connectivity index (χ4n) is 4.12. The zero-order valence-corrected chi connectivity index (χ0v) is 17.9. The fourth-order valence-corrected chi connectivity index (χ4v) is 7.40. The fraction of sp³-hybridized carbons (Fsp3) is 0.350. The standard InChI is InChI=1S/C20H22N2O5S2/c1-14-11-18(22-19(23)8-10-28(22,24)25)12-15(2)20(14)29(26,27)21-9-7-16-5-3-4-6-17(16)13-21/h3-6,11-12H,7-10,13H2,1-2H3. The Morgan fingerprint density at radius 3 is 2.17 bits per heavy atom. The Labute approximate surface area is 171 Å². The van der Waals surface area contributed by atoms with Crippen LogP contribution in [0.15, 0.2) is 41.3 Å². The third-order valence-electron chi connectivity index (χ3n) is 5.45. The van der Waals surface area contributed by atoms with Crippen LogP contribution in [0, 0.1) is 13.8 Å². The average Bonchev–Trinajstić information content (AvgIpc) is 2.93. The van der Waals surface area contributed by atoms with Gasteiger partial charge in [0.2, 0.25) is 26.0 Å². The number of sulfonamides is 2. The second-order valence-electron chi connectivity index (χ2n) is 7.49. The zero-order chi connectivity index (χ0) is 21.0. The van der Waals surface area contributed by atoms with Gasteiger partial charge in [0.05, 0.1) is 16.3 Å². The van der Waals surface area contributed by atoms with Gasteiger partial charge >= 0.3 is 0 Å². The number of aryl methyl sites for hydroxylation is 2. The summed E-state index contributed by atoms with van der Waals surface area (Å²) in [6, 6.07) is 10.7. The molecule has 7 nitrogen and oxygen atoms in total. The molecule has 2 aliphatic heterocycles. The predicted octanol–water partition coefficient (Wildman–Crippen LogP) is 2.12. The molecule has 0 N–H and O–H groups in total. The first-order valence-electron chi connectivity index (χ1n) is 9.35. The predicted molar refractivity (Wildman–Crippen MR) is 110 cm³/mol. The monoisotopic (exact) mass is 434 g/mol. The highest BCUT2D eigenvalue weighted by atomic mass is 32.2. The lowest BCUT2D eigenvalue weighted by Gasteiger charge is -2.29. The summed E-state index contributed by atoms with van der Waals surface area (Å²) < 4.78 is 53.5. The lowest BCUT2D eigenvalue weighted by molar-refractivity contribution is -0.116. The largest absolute Gasteiger partial charge is 0.273 e. The molecule has 0 aliphatic carbocycles.